The third-order valence-corrected chi connectivity index (χ3v) is 2.74. The number of hydrogen-bond donors (Lipinski definition) is 2. The van der Waals surface area contributed by atoms with Gasteiger partial charge in [0.1, 0.15) is 5.75 Å². The molecule has 1 heterocycles. The molecule has 1 aromatic carbocycles. The molecule has 1 aromatic rings. The zero-order valence-electron chi connectivity index (χ0n) is 8.23. The fraction of sp³-hybridized carbons (Fsp3) is 0.455. The first-order chi connectivity index (χ1) is 6.81. The minimum Gasteiger partial charge on any atom is -0.508 e. The molecule has 0 amide bonds. The zero-order valence-corrected chi connectivity index (χ0v) is 8.23. The van der Waals surface area contributed by atoms with Crippen LogP contribution in [0.1, 0.15) is 18.0 Å². The van der Waals surface area contributed by atoms with Crippen molar-refractivity contribution in [3.8, 4) is 5.75 Å². The van der Waals surface area contributed by atoms with Gasteiger partial charge in [0.25, 0.3) is 0 Å². The van der Waals surface area contributed by atoms with Crippen LogP contribution in [0.4, 0.5) is 0 Å². The molecule has 1 saturated heterocycles. The van der Waals surface area contributed by atoms with E-state index in [1.807, 2.05) is 18.2 Å². The Bertz CT molecular complexity index is 314. The van der Waals surface area contributed by atoms with Crippen molar-refractivity contribution in [2.24, 2.45) is 0 Å². The Morgan fingerprint density at radius 3 is 2.86 bits per heavy atom. The summed E-state index contributed by atoms with van der Waals surface area (Å²) in [6.07, 6.45) is 1.19. The maximum atomic E-state index is 9.65. The highest BCUT2D eigenvalue weighted by Gasteiger charge is 2.26. The van der Waals surface area contributed by atoms with Crippen LogP contribution < -0.4 is 5.32 Å². The van der Waals surface area contributed by atoms with Crippen molar-refractivity contribution in [2.75, 3.05) is 13.7 Å². The van der Waals surface area contributed by atoms with Gasteiger partial charge in [-0.15, -0.1) is 0 Å². The Balaban J connectivity index is 2.13. The van der Waals surface area contributed by atoms with Crippen LogP contribution in [0.5, 0.6) is 5.75 Å². The summed E-state index contributed by atoms with van der Waals surface area (Å²) in [4.78, 5) is 0. The standard InChI is InChI=1S/C11H15NO2/c1-14-8-6-10(12-7-8)9-4-2-3-5-11(9)13/h2-5,8,10,12-13H,6-7H2,1H3. The molecule has 0 spiro atoms. The molecule has 0 bridgehead atoms. The van der Waals surface area contributed by atoms with E-state index in [1.165, 1.54) is 0 Å². The molecule has 0 aliphatic carbocycles. The Morgan fingerprint density at radius 2 is 2.21 bits per heavy atom. The molecule has 3 heteroatoms. The van der Waals surface area contributed by atoms with Gasteiger partial charge in [0, 0.05) is 25.3 Å². The van der Waals surface area contributed by atoms with Crippen molar-refractivity contribution in [2.45, 2.75) is 18.6 Å². The molecule has 2 unspecified atom stereocenters. The molecule has 14 heavy (non-hydrogen) atoms. The quantitative estimate of drug-likeness (QED) is 0.746. The van der Waals surface area contributed by atoms with E-state index in [4.69, 9.17) is 4.74 Å². The first-order valence-corrected chi connectivity index (χ1v) is 4.85. The first kappa shape index (κ1) is 9.49. The highest BCUT2D eigenvalue weighted by Crippen LogP contribution is 2.30. The van der Waals surface area contributed by atoms with Gasteiger partial charge in [0.2, 0.25) is 0 Å². The van der Waals surface area contributed by atoms with Crippen molar-refractivity contribution in [1.82, 2.24) is 5.32 Å². The Morgan fingerprint density at radius 1 is 1.43 bits per heavy atom. The van der Waals surface area contributed by atoms with Crippen LogP contribution in [-0.4, -0.2) is 24.9 Å². The summed E-state index contributed by atoms with van der Waals surface area (Å²) in [5, 5.41) is 13.0. The van der Waals surface area contributed by atoms with Gasteiger partial charge in [-0.1, -0.05) is 18.2 Å². The molecule has 1 aliphatic rings. The van der Waals surface area contributed by atoms with Crippen LogP contribution in [0.2, 0.25) is 0 Å². The van der Waals surface area contributed by atoms with Crippen LogP contribution in [0.3, 0.4) is 0 Å². The van der Waals surface area contributed by atoms with Gasteiger partial charge in [-0.05, 0) is 12.5 Å². The number of nitrogens with one attached hydrogen (secondary N) is 1. The summed E-state index contributed by atoms with van der Waals surface area (Å²) in [5.74, 6) is 0.363. The van der Waals surface area contributed by atoms with Crippen LogP contribution in [-0.2, 0) is 4.74 Å². The molecule has 1 fully saturated rings. The molecule has 2 N–H and O–H groups in total. The van der Waals surface area contributed by atoms with Gasteiger partial charge >= 0.3 is 0 Å². The van der Waals surface area contributed by atoms with Gasteiger partial charge in [-0.3, -0.25) is 0 Å². The SMILES string of the molecule is COC1CNC(c2ccccc2O)C1. The number of phenolic OH excluding ortho intramolecular Hbond substituents is 1. The molecule has 2 atom stereocenters. The lowest BCUT2D eigenvalue weighted by atomic mass is 10.0. The lowest BCUT2D eigenvalue weighted by molar-refractivity contribution is 0.117. The van der Waals surface area contributed by atoms with E-state index < -0.39 is 0 Å². The topological polar surface area (TPSA) is 41.5 Å². The molecule has 0 radical (unpaired) electrons. The first-order valence-electron chi connectivity index (χ1n) is 4.85. The molecule has 2 rings (SSSR count). The third-order valence-electron chi connectivity index (χ3n) is 2.74. The number of aromatic hydroxyl groups is 1. The van der Waals surface area contributed by atoms with E-state index in [0.717, 1.165) is 18.5 Å². The maximum Gasteiger partial charge on any atom is 0.120 e. The average molecular weight is 193 g/mol. The number of benzene rings is 1. The van der Waals surface area contributed by atoms with Crippen molar-refractivity contribution >= 4 is 0 Å². The molecular weight excluding hydrogens is 178 g/mol. The van der Waals surface area contributed by atoms with E-state index in [-0.39, 0.29) is 12.1 Å². The van der Waals surface area contributed by atoms with Gasteiger partial charge in [0.15, 0.2) is 0 Å². The van der Waals surface area contributed by atoms with Crippen molar-refractivity contribution in [3.63, 3.8) is 0 Å². The monoisotopic (exact) mass is 193 g/mol. The predicted octanol–water partition coefficient (Wildman–Crippen LogP) is 1.44. The minimum absolute atomic E-state index is 0.223. The minimum atomic E-state index is 0.223. The normalized spacial score (nSPS) is 26.6. The van der Waals surface area contributed by atoms with Gasteiger partial charge in [0.05, 0.1) is 6.10 Å². The summed E-state index contributed by atoms with van der Waals surface area (Å²) in [7, 11) is 1.72. The zero-order chi connectivity index (χ0) is 9.97. The number of para-hydroxylation sites is 1. The predicted molar refractivity (Wildman–Crippen MR) is 54.3 cm³/mol. The third kappa shape index (κ3) is 1.74. The molecule has 1 aliphatic heterocycles. The maximum absolute atomic E-state index is 9.65. The summed E-state index contributed by atoms with van der Waals surface area (Å²) in [6, 6.07) is 7.67. The number of methoxy groups -OCH3 is 1. The fourth-order valence-corrected chi connectivity index (χ4v) is 1.90. The van der Waals surface area contributed by atoms with Crippen LogP contribution >= 0.6 is 0 Å². The largest absolute Gasteiger partial charge is 0.508 e. The van der Waals surface area contributed by atoms with Crippen molar-refractivity contribution < 1.29 is 9.84 Å². The number of ether oxygens (including phenoxy) is 1. The van der Waals surface area contributed by atoms with E-state index in [0.29, 0.717) is 5.75 Å². The lowest BCUT2D eigenvalue weighted by Crippen LogP contribution is -2.16. The molecular formula is C11H15NO2. The van der Waals surface area contributed by atoms with Crippen LogP contribution in [0.15, 0.2) is 24.3 Å². The van der Waals surface area contributed by atoms with Crippen molar-refractivity contribution in [1.29, 1.82) is 0 Å². The van der Waals surface area contributed by atoms with E-state index in [2.05, 4.69) is 5.32 Å². The second-order valence-electron chi connectivity index (χ2n) is 3.61. The molecule has 76 valence electrons. The van der Waals surface area contributed by atoms with Crippen molar-refractivity contribution in [3.05, 3.63) is 29.8 Å². The second-order valence-corrected chi connectivity index (χ2v) is 3.61. The Hall–Kier alpha value is -1.06. The van der Waals surface area contributed by atoms with Crippen LogP contribution in [0, 0.1) is 0 Å². The molecule has 0 saturated carbocycles. The van der Waals surface area contributed by atoms with Crippen LogP contribution in [0.25, 0.3) is 0 Å². The molecule has 0 aromatic heterocycles. The average Bonchev–Trinajstić information content (AvgIpc) is 2.67. The Kier molecular flexibility index (Phi) is 2.70. The van der Waals surface area contributed by atoms with E-state index >= 15 is 0 Å². The number of hydrogen-bond acceptors (Lipinski definition) is 3. The lowest BCUT2D eigenvalue weighted by Gasteiger charge is -2.12. The van der Waals surface area contributed by atoms with E-state index in [1.54, 1.807) is 13.2 Å². The van der Waals surface area contributed by atoms with Gasteiger partial charge in [-0.2, -0.15) is 0 Å². The Labute approximate surface area is 83.7 Å². The van der Waals surface area contributed by atoms with E-state index in [9.17, 15) is 5.11 Å². The smallest absolute Gasteiger partial charge is 0.120 e. The summed E-state index contributed by atoms with van der Waals surface area (Å²) in [5.41, 5.74) is 0.965. The number of phenols is 1. The number of rotatable bonds is 2. The highest BCUT2D eigenvalue weighted by molar-refractivity contribution is 5.35. The summed E-state index contributed by atoms with van der Waals surface area (Å²) >= 11 is 0. The molecule has 3 nitrogen and oxygen atoms in total. The van der Waals surface area contributed by atoms with Gasteiger partial charge < -0.3 is 15.2 Å². The highest BCUT2D eigenvalue weighted by atomic mass is 16.5. The summed E-state index contributed by atoms with van der Waals surface area (Å²) in [6.45, 7) is 0.857. The summed E-state index contributed by atoms with van der Waals surface area (Å²) < 4.78 is 5.26. The fourth-order valence-electron chi connectivity index (χ4n) is 1.90. The second kappa shape index (κ2) is 3.98. The van der Waals surface area contributed by atoms with Gasteiger partial charge in [-0.25, -0.2) is 0 Å².